The standard InChI is InChI=1S/C16H17N3O4/c1-2-16(14(20)19(7-3-6-17)15(21)18-16)11-4-5-12-13(10-11)23-9-8-22-12/h4-5,10H,2-3,7-9H2,1H3,(H,18,21). The molecule has 1 N–H and O–H groups in total. The van der Waals surface area contributed by atoms with E-state index in [1.165, 1.54) is 0 Å². The summed E-state index contributed by atoms with van der Waals surface area (Å²) < 4.78 is 11.0. The van der Waals surface area contributed by atoms with Gasteiger partial charge in [0.05, 0.1) is 12.5 Å². The second-order valence-electron chi connectivity index (χ2n) is 5.41. The minimum Gasteiger partial charge on any atom is -0.486 e. The maximum atomic E-state index is 12.8. The van der Waals surface area contributed by atoms with Crippen LogP contribution in [0.4, 0.5) is 4.79 Å². The third kappa shape index (κ3) is 2.36. The van der Waals surface area contributed by atoms with E-state index in [1.807, 2.05) is 13.0 Å². The Hall–Kier alpha value is -2.75. The highest BCUT2D eigenvalue weighted by atomic mass is 16.6. The van der Waals surface area contributed by atoms with E-state index >= 15 is 0 Å². The van der Waals surface area contributed by atoms with E-state index in [1.54, 1.807) is 18.2 Å². The fourth-order valence-electron chi connectivity index (χ4n) is 2.94. The molecule has 7 nitrogen and oxygen atoms in total. The maximum Gasteiger partial charge on any atom is 0.325 e. The minimum atomic E-state index is -1.12. The first-order valence-electron chi connectivity index (χ1n) is 7.53. The lowest BCUT2D eigenvalue weighted by Gasteiger charge is -2.27. The lowest BCUT2D eigenvalue weighted by Crippen LogP contribution is -2.43. The molecular weight excluding hydrogens is 298 g/mol. The van der Waals surface area contributed by atoms with Crippen molar-refractivity contribution in [1.29, 1.82) is 5.26 Å². The lowest BCUT2D eigenvalue weighted by molar-refractivity contribution is -0.131. The van der Waals surface area contributed by atoms with E-state index in [-0.39, 0.29) is 18.9 Å². The summed E-state index contributed by atoms with van der Waals surface area (Å²) in [5.41, 5.74) is -0.468. The molecule has 2 aliphatic rings. The van der Waals surface area contributed by atoms with Crippen molar-refractivity contribution < 1.29 is 19.1 Å². The molecule has 1 aromatic carbocycles. The molecule has 23 heavy (non-hydrogen) atoms. The lowest BCUT2D eigenvalue weighted by atomic mass is 9.87. The number of imide groups is 1. The van der Waals surface area contributed by atoms with Crippen LogP contribution < -0.4 is 14.8 Å². The smallest absolute Gasteiger partial charge is 0.325 e. The fourth-order valence-corrected chi connectivity index (χ4v) is 2.94. The maximum absolute atomic E-state index is 12.8. The Kier molecular flexibility index (Phi) is 3.82. The van der Waals surface area contributed by atoms with Gasteiger partial charge >= 0.3 is 6.03 Å². The number of nitrogens with one attached hydrogen (secondary N) is 1. The van der Waals surface area contributed by atoms with Crippen LogP contribution in [0.25, 0.3) is 0 Å². The highest BCUT2D eigenvalue weighted by molar-refractivity contribution is 6.07. The number of nitriles is 1. The Balaban J connectivity index is 1.97. The largest absolute Gasteiger partial charge is 0.486 e. The number of hydrogen-bond acceptors (Lipinski definition) is 5. The summed E-state index contributed by atoms with van der Waals surface area (Å²) in [5.74, 6) is 0.861. The molecule has 0 saturated carbocycles. The van der Waals surface area contributed by atoms with Crippen LogP contribution in [-0.4, -0.2) is 36.6 Å². The van der Waals surface area contributed by atoms with Gasteiger partial charge in [-0.05, 0) is 24.1 Å². The van der Waals surface area contributed by atoms with E-state index in [0.717, 1.165) is 4.90 Å². The predicted molar refractivity (Wildman–Crippen MR) is 79.9 cm³/mol. The van der Waals surface area contributed by atoms with Gasteiger partial charge < -0.3 is 14.8 Å². The third-order valence-corrected chi connectivity index (χ3v) is 4.19. The molecule has 0 aromatic heterocycles. The molecule has 0 spiro atoms. The minimum absolute atomic E-state index is 0.0907. The molecule has 7 heteroatoms. The van der Waals surface area contributed by atoms with Gasteiger partial charge in [0.2, 0.25) is 0 Å². The number of fused-ring (bicyclic) bond motifs is 1. The summed E-state index contributed by atoms with van der Waals surface area (Å²) in [7, 11) is 0. The van der Waals surface area contributed by atoms with Gasteiger partial charge in [-0.15, -0.1) is 0 Å². The van der Waals surface area contributed by atoms with Crippen LogP contribution in [-0.2, 0) is 10.3 Å². The molecule has 120 valence electrons. The van der Waals surface area contributed by atoms with Crippen molar-refractivity contribution in [2.45, 2.75) is 25.3 Å². The Morgan fingerprint density at radius 2 is 2.04 bits per heavy atom. The molecule has 0 radical (unpaired) electrons. The Morgan fingerprint density at radius 3 is 2.74 bits per heavy atom. The summed E-state index contributed by atoms with van der Waals surface area (Å²) in [6.45, 7) is 2.86. The number of carbonyl (C=O) groups excluding carboxylic acids is 2. The quantitative estimate of drug-likeness (QED) is 0.851. The van der Waals surface area contributed by atoms with Crippen LogP contribution in [0, 0.1) is 11.3 Å². The van der Waals surface area contributed by atoms with Gasteiger partial charge in [-0.2, -0.15) is 5.26 Å². The molecule has 1 saturated heterocycles. The Bertz CT molecular complexity index is 697. The zero-order valence-electron chi connectivity index (χ0n) is 12.8. The number of ether oxygens (including phenoxy) is 2. The topological polar surface area (TPSA) is 91.7 Å². The first kappa shape index (κ1) is 15.2. The van der Waals surface area contributed by atoms with E-state index in [9.17, 15) is 9.59 Å². The average Bonchev–Trinajstić information content (AvgIpc) is 2.83. The second-order valence-corrected chi connectivity index (χ2v) is 5.41. The van der Waals surface area contributed by atoms with Crippen molar-refractivity contribution in [3.63, 3.8) is 0 Å². The van der Waals surface area contributed by atoms with Gasteiger partial charge in [-0.1, -0.05) is 13.0 Å². The van der Waals surface area contributed by atoms with Crippen molar-refractivity contribution in [3.05, 3.63) is 23.8 Å². The van der Waals surface area contributed by atoms with Gasteiger partial charge in [0.15, 0.2) is 11.5 Å². The number of benzene rings is 1. The van der Waals surface area contributed by atoms with Gasteiger partial charge in [0.25, 0.3) is 5.91 Å². The van der Waals surface area contributed by atoms with E-state index < -0.39 is 11.6 Å². The van der Waals surface area contributed by atoms with Gasteiger partial charge in [-0.3, -0.25) is 9.69 Å². The van der Waals surface area contributed by atoms with Gasteiger partial charge in [0.1, 0.15) is 18.8 Å². The molecule has 1 unspecified atom stereocenters. The van der Waals surface area contributed by atoms with Crippen LogP contribution in [0.15, 0.2) is 18.2 Å². The van der Waals surface area contributed by atoms with Gasteiger partial charge in [-0.25, -0.2) is 4.79 Å². The number of hydrogen-bond donors (Lipinski definition) is 1. The molecule has 3 rings (SSSR count). The monoisotopic (exact) mass is 315 g/mol. The van der Waals surface area contributed by atoms with Crippen LogP contribution in [0.3, 0.4) is 0 Å². The van der Waals surface area contributed by atoms with Crippen molar-refractivity contribution in [2.75, 3.05) is 19.8 Å². The number of nitrogens with zero attached hydrogens (tertiary/aromatic N) is 2. The molecule has 2 aliphatic heterocycles. The zero-order chi connectivity index (χ0) is 16.4. The summed E-state index contributed by atoms with van der Waals surface area (Å²) in [6.07, 6.45) is 0.514. The van der Waals surface area contributed by atoms with Crippen LogP contribution >= 0.6 is 0 Å². The highest BCUT2D eigenvalue weighted by Gasteiger charge is 2.51. The Labute approximate surface area is 133 Å². The summed E-state index contributed by atoms with van der Waals surface area (Å²) in [4.78, 5) is 26.1. The fraction of sp³-hybridized carbons (Fsp3) is 0.438. The average molecular weight is 315 g/mol. The molecule has 1 atom stereocenters. The Morgan fingerprint density at radius 1 is 1.30 bits per heavy atom. The van der Waals surface area contributed by atoms with Crippen LogP contribution in [0.1, 0.15) is 25.3 Å². The number of amides is 3. The molecule has 0 bridgehead atoms. The highest BCUT2D eigenvalue weighted by Crippen LogP contribution is 2.38. The predicted octanol–water partition coefficient (Wildman–Crippen LogP) is 1.53. The zero-order valence-corrected chi connectivity index (χ0v) is 12.8. The normalized spacial score (nSPS) is 22.7. The number of urea groups is 1. The number of rotatable bonds is 4. The molecular formula is C16H17N3O4. The summed E-state index contributed by atoms with van der Waals surface area (Å²) in [5, 5.41) is 11.5. The molecule has 2 heterocycles. The number of carbonyl (C=O) groups is 2. The van der Waals surface area contributed by atoms with Crippen molar-refractivity contribution >= 4 is 11.9 Å². The van der Waals surface area contributed by atoms with Crippen molar-refractivity contribution in [1.82, 2.24) is 10.2 Å². The van der Waals surface area contributed by atoms with Crippen LogP contribution in [0.2, 0.25) is 0 Å². The third-order valence-electron chi connectivity index (χ3n) is 4.19. The summed E-state index contributed by atoms with van der Waals surface area (Å²) in [6, 6.07) is 6.74. The molecule has 3 amide bonds. The molecule has 0 aliphatic carbocycles. The first-order valence-corrected chi connectivity index (χ1v) is 7.53. The van der Waals surface area contributed by atoms with E-state index in [0.29, 0.717) is 36.7 Å². The van der Waals surface area contributed by atoms with Crippen molar-refractivity contribution in [2.24, 2.45) is 0 Å². The SMILES string of the molecule is CCC1(c2ccc3c(c2)OCCO3)NC(=O)N(CCC#N)C1=O. The first-order chi connectivity index (χ1) is 11.1. The van der Waals surface area contributed by atoms with Crippen molar-refractivity contribution in [3.8, 4) is 17.6 Å². The van der Waals surface area contributed by atoms with Crippen LogP contribution in [0.5, 0.6) is 11.5 Å². The molecule has 1 fully saturated rings. The molecule has 1 aromatic rings. The van der Waals surface area contributed by atoms with Gasteiger partial charge in [0, 0.05) is 6.54 Å². The van der Waals surface area contributed by atoms with E-state index in [2.05, 4.69) is 5.32 Å². The van der Waals surface area contributed by atoms with E-state index in [4.69, 9.17) is 14.7 Å². The second kappa shape index (κ2) is 5.80. The summed E-state index contributed by atoms with van der Waals surface area (Å²) >= 11 is 0.